The van der Waals surface area contributed by atoms with Crippen LogP contribution in [-0.2, 0) is 6.54 Å². The zero-order valence-corrected chi connectivity index (χ0v) is 14.8. The average molecular weight is 403 g/mol. The molecule has 0 fully saturated rings. The molecule has 0 saturated heterocycles. The van der Waals surface area contributed by atoms with Crippen molar-refractivity contribution in [3.63, 3.8) is 0 Å². The zero-order chi connectivity index (χ0) is 13.7. The summed E-state index contributed by atoms with van der Waals surface area (Å²) in [5, 5.41) is 3.51. The topological polar surface area (TPSA) is 12.0 Å². The summed E-state index contributed by atoms with van der Waals surface area (Å²) in [6.45, 7) is 4.27. The summed E-state index contributed by atoms with van der Waals surface area (Å²) in [6, 6.07) is 12.9. The molecule has 19 heavy (non-hydrogen) atoms. The molecule has 0 aliphatic heterocycles. The fourth-order valence-electron chi connectivity index (χ4n) is 1.96. The highest BCUT2D eigenvalue weighted by atomic mass is 79.9. The van der Waals surface area contributed by atoms with Crippen LogP contribution in [0.4, 0.5) is 0 Å². The van der Waals surface area contributed by atoms with Gasteiger partial charge < -0.3 is 5.32 Å². The lowest BCUT2D eigenvalue weighted by atomic mass is 9.98. The van der Waals surface area contributed by atoms with Gasteiger partial charge in [0.1, 0.15) is 0 Å². The molecule has 0 aliphatic carbocycles. The summed E-state index contributed by atoms with van der Waals surface area (Å²) in [5.41, 5.74) is 1.42. The summed E-state index contributed by atoms with van der Waals surface area (Å²) in [4.78, 5) is 1.35. The van der Waals surface area contributed by atoms with Gasteiger partial charge in [-0.05, 0) is 62.4 Å². The number of halogens is 2. The molecule has 4 heteroatoms. The predicted octanol–water partition coefficient (Wildman–Crippen LogP) is 5.56. The first-order valence-corrected chi connectivity index (χ1v) is 8.76. The van der Waals surface area contributed by atoms with E-state index in [1.165, 1.54) is 14.2 Å². The van der Waals surface area contributed by atoms with E-state index in [4.69, 9.17) is 0 Å². The number of rotatable bonds is 6. The van der Waals surface area contributed by atoms with Crippen molar-refractivity contribution in [3.8, 4) is 0 Å². The highest BCUT2D eigenvalue weighted by Gasteiger charge is 2.06. The number of thiophene rings is 1. The summed E-state index contributed by atoms with van der Waals surface area (Å²) in [6.07, 6.45) is 1.16. The van der Waals surface area contributed by atoms with Crippen molar-refractivity contribution in [2.75, 3.05) is 6.54 Å². The molecule has 0 amide bonds. The number of hydrogen-bond acceptors (Lipinski definition) is 2. The van der Waals surface area contributed by atoms with Crippen molar-refractivity contribution in [2.45, 2.75) is 25.8 Å². The maximum Gasteiger partial charge on any atom is 0.0843 e. The minimum atomic E-state index is 0.607. The molecule has 1 aromatic carbocycles. The quantitative estimate of drug-likeness (QED) is 0.624. The van der Waals surface area contributed by atoms with Crippen molar-refractivity contribution < 1.29 is 0 Å². The predicted molar refractivity (Wildman–Crippen MR) is 90.9 cm³/mol. The Hall–Kier alpha value is -0.160. The second-order valence-corrected chi connectivity index (χ2v) is 7.92. The molecule has 1 nitrogen and oxygen atoms in total. The largest absolute Gasteiger partial charge is 0.312 e. The SMILES string of the molecule is CC(CCNCc1cc(Br)c(Br)s1)c1ccccc1. The molecule has 0 bridgehead atoms. The molecule has 2 rings (SSSR count). The summed E-state index contributed by atoms with van der Waals surface area (Å²) >= 11 is 8.81. The van der Waals surface area contributed by atoms with Crippen LogP contribution in [0.5, 0.6) is 0 Å². The number of nitrogens with one attached hydrogen (secondary N) is 1. The van der Waals surface area contributed by atoms with Gasteiger partial charge >= 0.3 is 0 Å². The van der Waals surface area contributed by atoms with Crippen LogP contribution in [0.15, 0.2) is 44.7 Å². The van der Waals surface area contributed by atoms with Gasteiger partial charge in [-0.3, -0.25) is 0 Å². The Morgan fingerprint density at radius 1 is 1.21 bits per heavy atom. The number of hydrogen-bond donors (Lipinski definition) is 1. The lowest BCUT2D eigenvalue weighted by Gasteiger charge is -2.12. The molecule has 1 heterocycles. The van der Waals surface area contributed by atoms with Crippen LogP contribution in [0.3, 0.4) is 0 Å². The van der Waals surface area contributed by atoms with E-state index in [9.17, 15) is 0 Å². The molecule has 0 spiro atoms. The molecular formula is C15H17Br2NS. The second-order valence-electron chi connectivity index (χ2n) is 4.61. The van der Waals surface area contributed by atoms with Crippen LogP contribution < -0.4 is 5.32 Å². The van der Waals surface area contributed by atoms with E-state index in [1.54, 1.807) is 11.3 Å². The smallest absolute Gasteiger partial charge is 0.0843 e. The average Bonchev–Trinajstić information content (AvgIpc) is 2.74. The molecule has 0 saturated carbocycles. The van der Waals surface area contributed by atoms with Crippen molar-refractivity contribution >= 4 is 43.2 Å². The van der Waals surface area contributed by atoms with Crippen molar-refractivity contribution in [1.29, 1.82) is 0 Å². The molecule has 0 aliphatic rings. The fourth-order valence-corrected chi connectivity index (χ4v) is 4.10. The van der Waals surface area contributed by atoms with Gasteiger partial charge in [0, 0.05) is 15.9 Å². The molecule has 1 unspecified atom stereocenters. The lowest BCUT2D eigenvalue weighted by Crippen LogP contribution is -2.15. The van der Waals surface area contributed by atoms with Crippen LogP contribution in [0.25, 0.3) is 0 Å². The van der Waals surface area contributed by atoms with E-state index in [0.29, 0.717) is 5.92 Å². The van der Waals surface area contributed by atoms with E-state index in [-0.39, 0.29) is 0 Å². The number of benzene rings is 1. The van der Waals surface area contributed by atoms with Gasteiger partial charge in [0.15, 0.2) is 0 Å². The van der Waals surface area contributed by atoms with Crippen LogP contribution in [-0.4, -0.2) is 6.54 Å². The van der Waals surface area contributed by atoms with E-state index in [2.05, 4.69) is 80.5 Å². The Morgan fingerprint density at radius 3 is 2.58 bits per heavy atom. The minimum Gasteiger partial charge on any atom is -0.312 e. The molecule has 1 N–H and O–H groups in total. The Balaban J connectivity index is 1.72. The molecule has 1 aromatic heterocycles. The first-order chi connectivity index (χ1) is 9.16. The van der Waals surface area contributed by atoms with Crippen molar-refractivity contribution in [2.24, 2.45) is 0 Å². The monoisotopic (exact) mass is 401 g/mol. The normalized spacial score (nSPS) is 12.6. The van der Waals surface area contributed by atoms with Gasteiger partial charge in [0.2, 0.25) is 0 Å². The third kappa shape index (κ3) is 4.71. The van der Waals surface area contributed by atoms with Crippen molar-refractivity contribution in [1.82, 2.24) is 5.32 Å². The first-order valence-electron chi connectivity index (χ1n) is 6.36. The third-order valence-electron chi connectivity index (χ3n) is 3.12. The Bertz CT molecular complexity index is 491. The van der Waals surface area contributed by atoms with E-state index in [0.717, 1.165) is 24.0 Å². The van der Waals surface area contributed by atoms with Gasteiger partial charge in [-0.2, -0.15) is 0 Å². The Kier molecular flexibility index (Phi) is 6.07. The summed E-state index contributed by atoms with van der Waals surface area (Å²) < 4.78 is 2.31. The van der Waals surface area contributed by atoms with Crippen LogP contribution in [0.1, 0.15) is 29.7 Å². The van der Waals surface area contributed by atoms with E-state index >= 15 is 0 Å². The zero-order valence-electron chi connectivity index (χ0n) is 10.8. The second kappa shape index (κ2) is 7.58. The van der Waals surface area contributed by atoms with Crippen LogP contribution in [0.2, 0.25) is 0 Å². The summed E-state index contributed by atoms with van der Waals surface area (Å²) in [7, 11) is 0. The molecule has 2 aromatic rings. The maximum absolute atomic E-state index is 3.52. The summed E-state index contributed by atoms with van der Waals surface area (Å²) in [5.74, 6) is 0.607. The standard InChI is InChI=1S/C15H17Br2NS/c1-11(12-5-3-2-4-6-12)7-8-18-10-13-9-14(16)15(17)19-13/h2-6,9,11,18H,7-8,10H2,1H3. The van der Waals surface area contributed by atoms with Gasteiger partial charge in [-0.25, -0.2) is 0 Å². The van der Waals surface area contributed by atoms with Gasteiger partial charge in [-0.1, -0.05) is 37.3 Å². The molecule has 102 valence electrons. The third-order valence-corrected chi connectivity index (χ3v) is 6.37. The van der Waals surface area contributed by atoms with Gasteiger partial charge in [0.05, 0.1) is 3.79 Å². The van der Waals surface area contributed by atoms with Crippen molar-refractivity contribution in [3.05, 3.63) is 55.1 Å². The maximum atomic E-state index is 3.52. The highest BCUT2D eigenvalue weighted by molar-refractivity contribution is 9.13. The lowest BCUT2D eigenvalue weighted by molar-refractivity contribution is 0.597. The highest BCUT2D eigenvalue weighted by Crippen LogP contribution is 2.32. The van der Waals surface area contributed by atoms with Crippen LogP contribution >= 0.6 is 43.2 Å². The molecular weight excluding hydrogens is 386 g/mol. The Morgan fingerprint density at radius 2 is 1.95 bits per heavy atom. The van der Waals surface area contributed by atoms with Gasteiger partial charge in [0.25, 0.3) is 0 Å². The Labute approximate surface area is 135 Å². The van der Waals surface area contributed by atoms with E-state index < -0.39 is 0 Å². The van der Waals surface area contributed by atoms with Crippen LogP contribution in [0, 0.1) is 0 Å². The molecule has 1 atom stereocenters. The first kappa shape index (κ1) is 15.2. The fraction of sp³-hybridized carbons (Fsp3) is 0.333. The van der Waals surface area contributed by atoms with Gasteiger partial charge in [-0.15, -0.1) is 11.3 Å². The van der Waals surface area contributed by atoms with E-state index in [1.807, 2.05) is 0 Å². The molecule has 0 radical (unpaired) electrons. The minimum absolute atomic E-state index is 0.607.